The lowest BCUT2D eigenvalue weighted by molar-refractivity contribution is -0.120. The summed E-state index contributed by atoms with van der Waals surface area (Å²) in [5, 5.41) is 7.81. The molecule has 150 valence electrons. The van der Waals surface area contributed by atoms with Crippen LogP contribution in [-0.2, 0) is 17.8 Å². The zero-order chi connectivity index (χ0) is 20.1. The SMILES string of the molecule is COc1cccc(CC(=O)NCc2cc(-c3ccccn3)n(C3CCCC3)n2)c1. The first-order chi connectivity index (χ1) is 14.2. The van der Waals surface area contributed by atoms with Crippen molar-refractivity contribution in [3.8, 4) is 17.1 Å². The van der Waals surface area contributed by atoms with E-state index >= 15 is 0 Å². The maximum atomic E-state index is 12.4. The smallest absolute Gasteiger partial charge is 0.224 e. The minimum absolute atomic E-state index is 0.0342. The molecule has 0 atom stereocenters. The molecule has 0 bridgehead atoms. The number of hydrogen-bond acceptors (Lipinski definition) is 4. The summed E-state index contributed by atoms with van der Waals surface area (Å²) in [5.74, 6) is 0.721. The normalized spacial score (nSPS) is 14.1. The molecule has 0 saturated heterocycles. The van der Waals surface area contributed by atoms with E-state index in [4.69, 9.17) is 9.84 Å². The van der Waals surface area contributed by atoms with Crippen LogP contribution in [0.25, 0.3) is 11.4 Å². The van der Waals surface area contributed by atoms with Crippen LogP contribution in [0.15, 0.2) is 54.7 Å². The molecule has 2 aromatic heterocycles. The fraction of sp³-hybridized carbons (Fsp3) is 0.348. The van der Waals surface area contributed by atoms with Gasteiger partial charge in [-0.3, -0.25) is 14.5 Å². The van der Waals surface area contributed by atoms with Crippen molar-refractivity contribution in [1.29, 1.82) is 0 Å². The standard InChI is InChI=1S/C23H26N4O2/c1-29-20-10-6-7-17(13-20)14-23(28)25-16-18-15-22(21-11-4-5-12-24-21)27(26-18)19-8-2-3-9-19/h4-7,10-13,15,19H,2-3,8-9,14,16H2,1H3,(H,25,28). The van der Waals surface area contributed by atoms with Crippen LogP contribution >= 0.6 is 0 Å². The molecule has 6 heteroatoms. The Bertz CT molecular complexity index is 962. The third-order valence-electron chi connectivity index (χ3n) is 5.35. The number of rotatable bonds is 7. The number of nitrogens with zero attached hydrogens (tertiary/aromatic N) is 3. The van der Waals surface area contributed by atoms with Gasteiger partial charge in [-0.15, -0.1) is 0 Å². The molecule has 0 aliphatic heterocycles. The molecule has 0 spiro atoms. The quantitative estimate of drug-likeness (QED) is 0.664. The van der Waals surface area contributed by atoms with Crippen molar-refractivity contribution < 1.29 is 9.53 Å². The van der Waals surface area contributed by atoms with E-state index in [9.17, 15) is 4.79 Å². The number of ether oxygens (including phenoxy) is 1. The van der Waals surface area contributed by atoms with Gasteiger partial charge in [0.1, 0.15) is 5.75 Å². The summed E-state index contributed by atoms with van der Waals surface area (Å²) in [6.45, 7) is 0.405. The maximum Gasteiger partial charge on any atom is 0.224 e. The fourth-order valence-corrected chi connectivity index (χ4v) is 3.88. The number of aromatic nitrogens is 3. The summed E-state index contributed by atoms with van der Waals surface area (Å²) < 4.78 is 7.33. The van der Waals surface area contributed by atoms with Crippen molar-refractivity contribution in [3.05, 3.63) is 66.0 Å². The van der Waals surface area contributed by atoms with Gasteiger partial charge in [-0.25, -0.2) is 0 Å². The second-order valence-electron chi connectivity index (χ2n) is 7.42. The molecule has 1 aliphatic carbocycles. The minimum atomic E-state index is -0.0342. The van der Waals surface area contributed by atoms with Gasteiger partial charge < -0.3 is 10.1 Å². The lowest BCUT2D eigenvalue weighted by Crippen LogP contribution is -2.25. The molecule has 0 radical (unpaired) electrons. The lowest BCUT2D eigenvalue weighted by Gasteiger charge is -2.13. The molecule has 1 aromatic carbocycles. The van der Waals surface area contributed by atoms with Crippen molar-refractivity contribution >= 4 is 5.91 Å². The third kappa shape index (κ3) is 4.65. The summed E-state index contributed by atoms with van der Waals surface area (Å²) in [5.41, 5.74) is 3.72. The molecule has 1 saturated carbocycles. The molecule has 6 nitrogen and oxygen atoms in total. The first-order valence-corrected chi connectivity index (χ1v) is 10.1. The van der Waals surface area contributed by atoms with E-state index in [-0.39, 0.29) is 5.91 Å². The highest BCUT2D eigenvalue weighted by Gasteiger charge is 2.22. The largest absolute Gasteiger partial charge is 0.497 e. The zero-order valence-electron chi connectivity index (χ0n) is 16.7. The predicted molar refractivity (Wildman–Crippen MR) is 112 cm³/mol. The molecular weight excluding hydrogens is 364 g/mol. The van der Waals surface area contributed by atoms with Crippen LogP contribution in [0.5, 0.6) is 5.75 Å². The number of carbonyl (C=O) groups is 1. The number of amides is 1. The van der Waals surface area contributed by atoms with Crippen LogP contribution in [0.1, 0.15) is 43.0 Å². The van der Waals surface area contributed by atoms with Gasteiger partial charge in [-0.1, -0.05) is 31.0 Å². The zero-order valence-corrected chi connectivity index (χ0v) is 16.7. The topological polar surface area (TPSA) is 69.0 Å². The van der Waals surface area contributed by atoms with E-state index in [2.05, 4.69) is 15.0 Å². The van der Waals surface area contributed by atoms with Crippen LogP contribution in [0, 0.1) is 0 Å². The summed E-state index contributed by atoms with van der Waals surface area (Å²) in [6.07, 6.45) is 6.87. The van der Waals surface area contributed by atoms with E-state index in [0.717, 1.165) is 41.2 Å². The molecule has 3 aromatic rings. The Morgan fingerprint density at radius 2 is 2.03 bits per heavy atom. The van der Waals surface area contributed by atoms with Gasteiger partial charge in [0, 0.05) is 6.20 Å². The van der Waals surface area contributed by atoms with Crippen molar-refractivity contribution in [3.63, 3.8) is 0 Å². The summed E-state index contributed by atoms with van der Waals surface area (Å²) >= 11 is 0. The average Bonchev–Trinajstić information content (AvgIpc) is 3.43. The molecule has 1 fully saturated rings. The molecule has 29 heavy (non-hydrogen) atoms. The Morgan fingerprint density at radius 3 is 2.79 bits per heavy atom. The van der Waals surface area contributed by atoms with Crippen molar-refractivity contribution in [1.82, 2.24) is 20.1 Å². The molecule has 1 amide bonds. The van der Waals surface area contributed by atoms with Crippen LogP contribution in [0.4, 0.5) is 0 Å². The summed E-state index contributed by atoms with van der Waals surface area (Å²) in [4.78, 5) is 16.9. The van der Waals surface area contributed by atoms with E-state index in [1.807, 2.05) is 48.5 Å². The molecule has 2 heterocycles. The summed E-state index contributed by atoms with van der Waals surface area (Å²) in [6, 6.07) is 15.9. The van der Waals surface area contributed by atoms with Gasteiger partial charge in [0.05, 0.1) is 43.2 Å². The van der Waals surface area contributed by atoms with Gasteiger partial charge in [0.15, 0.2) is 0 Å². The van der Waals surface area contributed by atoms with Crippen LogP contribution in [0.2, 0.25) is 0 Å². The summed E-state index contributed by atoms with van der Waals surface area (Å²) in [7, 11) is 1.62. The van der Waals surface area contributed by atoms with E-state index in [1.165, 1.54) is 12.8 Å². The average molecular weight is 390 g/mol. The fourth-order valence-electron chi connectivity index (χ4n) is 3.88. The number of pyridine rings is 1. The third-order valence-corrected chi connectivity index (χ3v) is 5.35. The van der Waals surface area contributed by atoms with Crippen molar-refractivity contribution in [2.45, 2.75) is 44.7 Å². The minimum Gasteiger partial charge on any atom is -0.497 e. The molecular formula is C23H26N4O2. The Balaban J connectivity index is 1.46. The molecule has 0 unspecified atom stereocenters. The Hall–Kier alpha value is -3.15. The van der Waals surface area contributed by atoms with Gasteiger partial charge in [-0.05, 0) is 48.7 Å². The number of nitrogens with one attached hydrogen (secondary N) is 1. The number of hydrogen-bond donors (Lipinski definition) is 1. The monoisotopic (exact) mass is 390 g/mol. The van der Waals surface area contributed by atoms with Gasteiger partial charge >= 0.3 is 0 Å². The van der Waals surface area contributed by atoms with E-state index in [0.29, 0.717) is 19.0 Å². The molecule has 1 aliphatic rings. The second kappa shape index (κ2) is 8.90. The van der Waals surface area contributed by atoms with Crippen LogP contribution < -0.4 is 10.1 Å². The number of carbonyl (C=O) groups excluding carboxylic acids is 1. The van der Waals surface area contributed by atoms with Gasteiger partial charge in [0.25, 0.3) is 0 Å². The maximum absolute atomic E-state index is 12.4. The van der Waals surface area contributed by atoms with E-state index in [1.54, 1.807) is 13.3 Å². The number of methoxy groups -OCH3 is 1. The Morgan fingerprint density at radius 1 is 1.17 bits per heavy atom. The lowest BCUT2D eigenvalue weighted by atomic mass is 10.1. The Labute approximate surface area is 170 Å². The van der Waals surface area contributed by atoms with Crippen molar-refractivity contribution in [2.24, 2.45) is 0 Å². The first kappa shape index (κ1) is 19.2. The highest BCUT2D eigenvalue weighted by molar-refractivity contribution is 5.78. The van der Waals surface area contributed by atoms with Crippen LogP contribution in [0.3, 0.4) is 0 Å². The molecule has 4 rings (SSSR count). The van der Waals surface area contributed by atoms with Gasteiger partial charge in [0.2, 0.25) is 5.91 Å². The highest BCUT2D eigenvalue weighted by atomic mass is 16.5. The first-order valence-electron chi connectivity index (χ1n) is 10.1. The highest BCUT2D eigenvalue weighted by Crippen LogP contribution is 2.33. The Kier molecular flexibility index (Phi) is 5.89. The molecule has 1 N–H and O–H groups in total. The predicted octanol–water partition coefficient (Wildman–Crippen LogP) is 3.93. The van der Waals surface area contributed by atoms with Crippen molar-refractivity contribution in [2.75, 3.05) is 7.11 Å². The van der Waals surface area contributed by atoms with Gasteiger partial charge in [-0.2, -0.15) is 5.10 Å². The van der Waals surface area contributed by atoms with Crippen LogP contribution in [-0.4, -0.2) is 27.8 Å². The van der Waals surface area contributed by atoms with E-state index < -0.39 is 0 Å². The second-order valence-corrected chi connectivity index (χ2v) is 7.42. The number of benzene rings is 1.